The SMILES string of the molecule is O=C(c1ccc2c(c1)OCO2)N1CCc2onc(COc3cccnc3)c2C1. The van der Waals surface area contributed by atoms with Crippen molar-refractivity contribution in [3.8, 4) is 17.2 Å². The molecule has 2 aromatic heterocycles. The minimum absolute atomic E-state index is 0.0655. The van der Waals surface area contributed by atoms with Gasteiger partial charge in [-0.1, -0.05) is 5.16 Å². The third-order valence-electron chi connectivity index (χ3n) is 4.83. The van der Waals surface area contributed by atoms with Gasteiger partial charge in [0.2, 0.25) is 6.79 Å². The minimum atomic E-state index is -0.0655. The molecule has 0 radical (unpaired) electrons. The number of pyridine rings is 1. The number of carbonyl (C=O) groups is 1. The van der Waals surface area contributed by atoms with Gasteiger partial charge in [0.1, 0.15) is 23.8 Å². The first-order chi connectivity index (χ1) is 13.8. The molecule has 0 fully saturated rings. The van der Waals surface area contributed by atoms with Gasteiger partial charge >= 0.3 is 0 Å². The topological polar surface area (TPSA) is 86.9 Å². The Morgan fingerprint density at radius 1 is 1.21 bits per heavy atom. The highest BCUT2D eigenvalue weighted by molar-refractivity contribution is 5.95. The van der Waals surface area contributed by atoms with Crippen LogP contribution in [0.5, 0.6) is 17.2 Å². The first kappa shape index (κ1) is 16.6. The number of rotatable bonds is 4. The molecule has 28 heavy (non-hydrogen) atoms. The molecule has 0 saturated heterocycles. The number of hydrogen-bond acceptors (Lipinski definition) is 7. The van der Waals surface area contributed by atoms with Crippen molar-refractivity contribution in [1.29, 1.82) is 0 Å². The molecule has 0 N–H and O–H groups in total. The molecule has 3 aromatic rings. The van der Waals surface area contributed by atoms with Gasteiger partial charge in [-0.3, -0.25) is 9.78 Å². The Morgan fingerprint density at radius 3 is 3.04 bits per heavy atom. The Bertz CT molecular complexity index is 1020. The van der Waals surface area contributed by atoms with Crippen molar-refractivity contribution in [3.63, 3.8) is 0 Å². The fourth-order valence-corrected chi connectivity index (χ4v) is 3.35. The van der Waals surface area contributed by atoms with Crippen LogP contribution in [-0.2, 0) is 19.6 Å². The molecular formula is C20H17N3O5. The summed E-state index contributed by atoms with van der Waals surface area (Å²) >= 11 is 0. The van der Waals surface area contributed by atoms with Gasteiger partial charge in [0, 0.05) is 30.3 Å². The lowest BCUT2D eigenvalue weighted by Gasteiger charge is -2.26. The molecule has 2 aliphatic heterocycles. The average Bonchev–Trinajstić information content (AvgIpc) is 3.38. The second-order valence-corrected chi connectivity index (χ2v) is 6.55. The van der Waals surface area contributed by atoms with Crippen LogP contribution in [0.25, 0.3) is 0 Å². The molecule has 0 aliphatic carbocycles. The molecule has 142 valence electrons. The molecule has 0 saturated carbocycles. The fraction of sp³-hybridized carbons (Fsp3) is 0.250. The lowest BCUT2D eigenvalue weighted by Crippen LogP contribution is -2.36. The van der Waals surface area contributed by atoms with Crippen molar-refractivity contribution in [2.45, 2.75) is 19.6 Å². The maximum atomic E-state index is 13.0. The number of benzene rings is 1. The number of amides is 1. The maximum absolute atomic E-state index is 13.0. The van der Waals surface area contributed by atoms with Crippen molar-refractivity contribution < 1.29 is 23.5 Å². The van der Waals surface area contributed by atoms with Crippen molar-refractivity contribution in [1.82, 2.24) is 15.0 Å². The molecule has 5 rings (SSSR count). The molecule has 0 unspecified atom stereocenters. The normalized spacial score (nSPS) is 14.6. The molecular weight excluding hydrogens is 362 g/mol. The van der Waals surface area contributed by atoms with Crippen molar-refractivity contribution >= 4 is 5.91 Å². The fourth-order valence-electron chi connectivity index (χ4n) is 3.35. The summed E-state index contributed by atoms with van der Waals surface area (Å²) < 4.78 is 21.9. The van der Waals surface area contributed by atoms with Crippen LogP contribution in [0.15, 0.2) is 47.2 Å². The van der Waals surface area contributed by atoms with Crippen LogP contribution in [0.1, 0.15) is 27.4 Å². The quantitative estimate of drug-likeness (QED) is 0.688. The highest BCUT2D eigenvalue weighted by atomic mass is 16.7. The molecule has 2 aliphatic rings. The van der Waals surface area contributed by atoms with Gasteiger partial charge in [-0.05, 0) is 30.3 Å². The van der Waals surface area contributed by atoms with Crippen LogP contribution < -0.4 is 14.2 Å². The van der Waals surface area contributed by atoms with Crippen LogP contribution in [0.3, 0.4) is 0 Å². The molecule has 1 amide bonds. The standard InChI is InChI=1S/C20H17N3O5/c24-20(13-3-4-18-19(8-13)27-12-26-18)23-7-5-17-15(10-23)16(22-28-17)11-25-14-2-1-6-21-9-14/h1-4,6,8-9H,5,7,10-12H2. The van der Waals surface area contributed by atoms with Crippen LogP contribution >= 0.6 is 0 Å². The van der Waals surface area contributed by atoms with Crippen molar-refractivity contribution in [2.24, 2.45) is 0 Å². The van der Waals surface area contributed by atoms with E-state index in [1.54, 1.807) is 41.6 Å². The van der Waals surface area contributed by atoms with Gasteiger partial charge < -0.3 is 23.6 Å². The van der Waals surface area contributed by atoms with Gasteiger partial charge in [0.25, 0.3) is 5.91 Å². The lowest BCUT2D eigenvalue weighted by atomic mass is 10.0. The Kier molecular flexibility index (Phi) is 4.08. The highest BCUT2D eigenvalue weighted by Crippen LogP contribution is 2.33. The van der Waals surface area contributed by atoms with Crippen LogP contribution in [0, 0.1) is 0 Å². The van der Waals surface area contributed by atoms with E-state index in [-0.39, 0.29) is 19.3 Å². The molecule has 8 heteroatoms. The number of carbonyl (C=O) groups excluding carboxylic acids is 1. The molecule has 1 aromatic carbocycles. The third kappa shape index (κ3) is 3.02. The zero-order chi connectivity index (χ0) is 18.9. The summed E-state index contributed by atoms with van der Waals surface area (Å²) in [6.45, 7) is 1.44. The number of hydrogen-bond donors (Lipinski definition) is 0. The largest absolute Gasteiger partial charge is 0.486 e. The first-order valence-electron chi connectivity index (χ1n) is 8.96. The predicted octanol–water partition coefficient (Wildman–Crippen LogP) is 2.58. The van der Waals surface area contributed by atoms with E-state index in [2.05, 4.69) is 10.1 Å². The second-order valence-electron chi connectivity index (χ2n) is 6.55. The van der Waals surface area contributed by atoms with Gasteiger partial charge in [0.15, 0.2) is 11.5 Å². The summed E-state index contributed by atoms with van der Waals surface area (Å²) in [5.74, 6) is 2.65. The minimum Gasteiger partial charge on any atom is -0.486 e. The Hall–Kier alpha value is -3.55. The van der Waals surface area contributed by atoms with Crippen molar-refractivity contribution in [3.05, 3.63) is 65.3 Å². The summed E-state index contributed by atoms with van der Waals surface area (Å²) in [5, 5.41) is 4.13. The van der Waals surface area contributed by atoms with E-state index in [0.29, 0.717) is 48.0 Å². The Balaban J connectivity index is 1.32. The van der Waals surface area contributed by atoms with E-state index in [0.717, 1.165) is 11.3 Å². The molecule has 0 spiro atoms. The maximum Gasteiger partial charge on any atom is 0.254 e. The van der Waals surface area contributed by atoms with E-state index in [1.807, 2.05) is 6.07 Å². The zero-order valence-corrected chi connectivity index (χ0v) is 15.0. The molecule has 0 atom stereocenters. The Labute approximate surface area is 160 Å². The average molecular weight is 379 g/mol. The summed E-state index contributed by atoms with van der Waals surface area (Å²) in [5.41, 5.74) is 2.17. The number of ether oxygens (including phenoxy) is 3. The van der Waals surface area contributed by atoms with E-state index in [9.17, 15) is 4.79 Å². The van der Waals surface area contributed by atoms with Crippen LogP contribution in [0.2, 0.25) is 0 Å². The van der Waals surface area contributed by atoms with Crippen LogP contribution in [0.4, 0.5) is 0 Å². The lowest BCUT2D eigenvalue weighted by molar-refractivity contribution is 0.0728. The first-order valence-corrected chi connectivity index (χ1v) is 8.96. The van der Waals surface area contributed by atoms with Gasteiger partial charge in [0.05, 0.1) is 12.7 Å². The number of aromatic nitrogens is 2. The van der Waals surface area contributed by atoms with Crippen LogP contribution in [-0.4, -0.2) is 34.3 Å². The second kappa shape index (κ2) is 6.88. The predicted molar refractivity (Wildman–Crippen MR) is 96.1 cm³/mol. The number of fused-ring (bicyclic) bond motifs is 2. The molecule has 8 nitrogen and oxygen atoms in total. The summed E-state index contributed by atoms with van der Waals surface area (Å²) in [7, 11) is 0. The molecule has 4 heterocycles. The van der Waals surface area contributed by atoms with E-state index >= 15 is 0 Å². The van der Waals surface area contributed by atoms with E-state index in [4.69, 9.17) is 18.7 Å². The van der Waals surface area contributed by atoms with Crippen molar-refractivity contribution in [2.75, 3.05) is 13.3 Å². The zero-order valence-electron chi connectivity index (χ0n) is 15.0. The number of nitrogens with zero attached hydrogens (tertiary/aromatic N) is 3. The third-order valence-corrected chi connectivity index (χ3v) is 4.83. The van der Waals surface area contributed by atoms with Gasteiger partial charge in [-0.15, -0.1) is 0 Å². The van der Waals surface area contributed by atoms with E-state index < -0.39 is 0 Å². The summed E-state index contributed by atoms with van der Waals surface area (Å²) in [6, 6.07) is 8.87. The summed E-state index contributed by atoms with van der Waals surface area (Å²) in [4.78, 5) is 18.8. The molecule has 0 bridgehead atoms. The monoisotopic (exact) mass is 379 g/mol. The van der Waals surface area contributed by atoms with Gasteiger partial charge in [-0.25, -0.2) is 0 Å². The van der Waals surface area contributed by atoms with E-state index in [1.165, 1.54) is 0 Å². The highest BCUT2D eigenvalue weighted by Gasteiger charge is 2.28. The summed E-state index contributed by atoms with van der Waals surface area (Å²) in [6.07, 6.45) is 3.94. The van der Waals surface area contributed by atoms with Gasteiger partial charge in [-0.2, -0.15) is 0 Å². The Morgan fingerprint density at radius 2 is 2.14 bits per heavy atom. The smallest absolute Gasteiger partial charge is 0.254 e.